The SMILES string of the molecule is CCC(CC)(CNC(=O)NC(C)C)C(=O)O. The quantitative estimate of drug-likeness (QED) is 0.648. The zero-order valence-electron chi connectivity index (χ0n) is 10.5. The van der Waals surface area contributed by atoms with Crippen molar-refractivity contribution in [3.63, 3.8) is 0 Å². The molecule has 3 N–H and O–H groups in total. The van der Waals surface area contributed by atoms with Crippen molar-refractivity contribution >= 4 is 12.0 Å². The van der Waals surface area contributed by atoms with Crippen LogP contribution >= 0.6 is 0 Å². The third kappa shape index (κ3) is 4.08. The second kappa shape index (κ2) is 6.35. The first-order valence-electron chi connectivity index (χ1n) is 5.65. The summed E-state index contributed by atoms with van der Waals surface area (Å²) in [6.07, 6.45) is 1.00. The number of nitrogens with one attached hydrogen (secondary N) is 2. The van der Waals surface area contributed by atoms with Gasteiger partial charge in [0.1, 0.15) is 0 Å². The lowest BCUT2D eigenvalue weighted by atomic mass is 9.82. The van der Waals surface area contributed by atoms with Crippen LogP contribution in [0.15, 0.2) is 0 Å². The first-order chi connectivity index (χ1) is 7.38. The number of carboxylic acids is 1. The van der Waals surface area contributed by atoms with Gasteiger partial charge in [0.2, 0.25) is 0 Å². The predicted molar refractivity (Wildman–Crippen MR) is 62.3 cm³/mol. The molecule has 2 amide bonds. The molecule has 94 valence electrons. The topological polar surface area (TPSA) is 78.4 Å². The van der Waals surface area contributed by atoms with Crippen molar-refractivity contribution in [3.8, 4) is 0 Å². The summed E-state index contributed by atoms with van der Waals surface area (Å²) in [5.41, 5.74) is -0.853. The van der Waals surface area contributed by atoms with E-state index in [0.29, 0.717) is 12.8 Å². The average molecular weight is 230 g/mol. The molecule has 0 spiro atoms. The number of carbonyl (C=O) groups is 2. The predicted octanol–water partition coefficient (Wildman–Crippen LogP) is 1.58. The summed E-state index contributed by atoms with van der Waals surface area (Å²) < 4.78 is 0. The Balaban J connectivity index is 4.33. The fourth-order valence-electron chi connectivity index (χ4n) is 1.44. The molecular weight excluding hydrogens is 208 g/mol. The number of hydrogen-bond acceptors (Lipinski definition) is 2. The Bertz CT molecular complexity index is 248. The number of hydrogen-bond donors (Lipinski definition) is 3. The van der Waals surface area contributed by atoms with E-state index < -0.39 is 11.4 Å². The monoisotopic (exact) mass is 230 g/mol. The van der Waals surface area contributed by atoms with Crippen molar-refractivity contribution in [1.29, 1.82) is 0 Å². The molecule has 0 rings (SSSR count). The van der Waals surface area contributed by atoms with Gasteiger partial charge in [0, 0.05) is 12.6 Å². The minimum Gasteiger partial charge on any atom is -0.481 e. The molecule has 0 saturated carbocycles. The summed E-state index contributed by atoms with van der Waals surface area (Å²) >= 11 is 0. The van der Waals surface area contributed by atoms with Crippen molar-refractivity contribution in [2.24, 2.45) is 5.41 Å². The molecule has 0 aromatic carbocycles. The normalized spacial score (nSPS) is 11.3. The van der Waals surface area contributed by atoms with E-state index in [1.165, 1.54) is 0 Å². The highest BCUT2D eigenvalue weighted by Gasteiger charge is 2.35. The Hall–Kier alpha value is -1.26. The molecule has 0 fully saturated rings. The lowest BCUT2D eigenvalue weighted by Gasteiger charge is -2.27. The molecule has 5 nitrogen and oxygen atoms in total. The van der Waals surface area contributed by atoms with E-state index in [9.17, 15) is 9.59 Å². The van der Waals surface area contributed by atoms with Crippen LogP contribution < -0.4 is 10.6 Å². The fourth-order valence-corrected chi connectivity index (χ4v) is 1.44. The summed E-state index contributed by atoms with van der Waals surface area (Å²) in [5, 5.41) is 14.4. The lowest BCUT2D eigenvalue weighted by molar-refractivity contribution is -0.149. The molecule has 0 aliphatic carbocycles. The van der Waals surface area contributed by atoms with Gasteiger partial charge in [-0.1, -0.05) is 13.8 Å². The molecule has 0 heterocycles. The molecule has 0 bridgehead atoms. The minimum atomic E-state index is -0.859. The third-order valence-electron chi connectivity index (χ3n) is 2.81. The zero-order valence-corrected chi connectivity index (χ0v) is 10.5. The van der Waals surface area contributed by atoms with Crippen LogP contribution in [0.3, 0.4) is 0 Å². The van der Waals surface area contributed by atoms with Gasteiger partial charge in [0.05, 0.1) is 5.41 Å². The van der Waals surface area contributed by atoms with Crippen molar-refractivity contribution in [1.82, 2.24) is 10.6 Å². The van der Waals surface area contributed by atoms with Gasteiger partial charge in [-0.3, -0.25) is 4.79 Å². The minimum absolute atomic E-state index is 0.0440. The lowest BCUT2D eigenvalue weighted by Crippen LogP contribution is -2.47. The van der Waals surface area contributed by atoms with Gasteiger partial charge >= 0.3 is 12.0 Å². The molecule has 0 aromatic rings. The van der Waals surface area contributed by atoms with E-state index in [1.807, 2.05) is 27.7 Å². The van der Waals surface area contributed by atoms with Crippen molar-refractivity contribution in [2.45, 2.75) is 46.6 Å². The Morgan fingerprint density at radius 1 is 1.25 bits per heavy atom. The highest BCUT2D eigenvalue weighted by molar-refractivity contribution is 5.78. The van der Waals surface area contributed by atoms with Crippen LogP contribution in [0.1, 0.15) is 40.5 Å². The number of urea groups is 1. The smallest absolute Gasteiger partial charge is 0.315 e. The van der Waals surface area contributed by atoms with Crippen LogP contribution in [0.5, 0.6) is 0 Å². The Kier molecular flexibility index (Phi) is 5.85. The van der Waals surface area contributed by atoms with E-state index in [4.69, 9.17) is 5.11 Å². The molecule has 0 radical (unpaired) electrons. The number of aliphatic carboxylic acids is 1. The van der Waals surface area contributed by atoms with Gasteiger partial charge in [-0.25, -0.2) is 4.79 Å². The molecular formula is C11H22N2O3. The van der Waals surface area contributed by atoms with Crippen LogP contribution in [-0.4, -0.2) is 29.7 Å². The van der Waals surface area contributed by atoms with Crippen LogP contribution in [0.4, 0.5) is 4.79 Å². The summed E-state index contributed by atoms with van der Waals surface area (Å²) in [5.74, 6) is -0.859. The largest absolute Gasteiger partial charge is 0.481 e. The Morgan fingerprint density at radius 2 is 1.75 bits per heavy atom. The highest BCUT2D eigenvalue weighted by Crippen LogP contribution is 2.25. The zero-order chi connectivity index (χ0) is 12.8. The summed E-state index contributed by atoms with van der Waals surface area (Å²) in [7, 11) is 0. The summed E-state index contributed by atoms with van der Waals surface area (Å²) in [6, 6.07) is -0.273. The second-order valence-corrected chi connectivity index (χ2v) is 4.27. The molecule has 0 unspecified atom stereocenters. The van der Waals surface area contributed by atoms with Crippen LogP contribution in [0.2, 0.25) is 0 Å². The van der Waals surface area contributed by atoms with E-state index in [-0.39, 0.29) is 18.6 Å². The van der Waals surface area contributed by atoms with Gasteiger partial charge in [0.15, 0.2) is 0 Å². The number of rotatable bonds is 6. The van der Waals surface area contributed by atoms with E-state index in [0.717, 1.165) is 0 Å². The van der Waals surface area contributed by atoms with Gasteiger partial charge in [-0.15, -0.1) is 0 Å². The number of carboxylic acid groups (broad SMARTS) is 1. The third-order valence-corrected chi connectivity index (χ3v) is 2.81. The fraction of sp³-hybridized carbons (Fsp3) is 0.818. The molecule has 5 heteroatoms. The standard InChI is InChI=1S/C11H22N2O3/c1-5-11(6-2,9(14)15)7-12-10(16)13-8(3)4/h8H,5-7H2,1-4H3,(H,14,15)(H2,12,13,16). The molecule has 0 aliphatic rings. The van der Waals surface area contributed by atoms with Gasteiger partial charge in [0.25, 0.3) is 0 Å². The van der Waals surface area contributed by atoms with Crippen LogP contribution in [0.25, 0.3) is 0 Å². The maximum atomic E-state index is 11.3. The van der Waals surface area contributed by atoms with Crippen LogP contribution in [-0.2, 0) is 4.79 Å². The number of amides is 2. The number of carbonyl (C=O) groups excluding carboxylic acids is 1. The molecule has 0 aromatic heterocycles. The average Bonchev–Trinajstić information content (AvgIpc) is 2.18. The Morgan fingerprint density at radius 3 is 2.06 bits per heavy atom. The maximum absolute atomic E-state index is 11.3. The van der Waals surface area contributed by atoms with E-state index in [2.05, 4.69) is 10.6 Å². The van der Waals surface area contributed by atoms with Crippen molar-refractivity contribution in [2.75, 3.05) is 6.54 Å². The van der Waals surface area contributed by atoms with Gasteiger partial charge in [-0.2, -0.15) is 0 Å². The summed E-state index contributed by atoms with van der Waals surface area (Å²) in [6.45, 7) is 7.50. The molecule has 16 heavy (non-hydrogen) atoms. The molecule has 0 aliphatic heterocycles. The second-order valence-electron chi connectivity index (χ2n) is 4.27. The molecule has 0 atom stereocenters. The van der Waals surface area contributed by atoms with E-state index in [1.54, 1.807) is 0 Å². The first kappa shape index (κ1) is 14.7. The van der Waals surface area contributed by atoms with Gasteiger partial charge < -0.3 is 15.7 Å². The van der Waals surface area contributed by atoms with Crippen molar-refractivity contribution in [3.05, 3.63) is 0 Å². The summed E-state index contributed by atoms with van der Waals surface area (Å²) in [4.78, 5) is 22.5. The molecule has 0 saturated heterocycles. The first-order valence-corrected chi connectivity index (χ1v) is 5.65. The maximum Gasteiger partial charge on any atom is 0.315 e. The Labute approximate surface area is 96.6 Å². The van der Waals surface area contributed by atoms with Gasteiger partial charge in [-0.05, 0) is 26.7 Å². The highest BCUT2D eigenvalue weighted by atomic mass is 16.4. The van der Waals surface area contributed by atoms with Crippen LogP contribution in [0, 0.1) is 5.41 Å². The van der Waals surface area contributed by atoms with E-state index >= 15 is 0 Å². The van der Waals surface area contributed by atoms with Crippen molar-refractivity contribution < 1.29 is 14.7 Å².